The quantitative estimate of drug-likeness (QED) is 0.732. The van der Waals surface area contributed by atoms with Crippen LogP contribution in [-0.2, 0) is 0 Å². The molecule has 90 valence electrons. The Labute approximate surface area is 107 Å². The molecule has 0 aromatic carbocycles. The zero-order chi connectivity index (χ0) is 12.5. The van der Waals surface area contributed by atoms with Gasteiger partial charge < -0.3 is 5.73 Å². The fraction of sp³-hybridized carbons (Fsp3) is 0.0909. The summed E-state index contributed by atoms with van der Waals surface area (Å²) in [4.78, 5) is 13.8. The predicted molar refractivity (Wildman–Crippen MR) is 69.9 cm³/mol. The van der Waals surface area contributed by atoms with Crippen molar-refractivity contribution < 1.29 is 0 Å². The number of aryl methyl sites for hydroxylation is 1. The summed E-state index contributed by atoms with van der Waals surface area (Å²) in [5.41, 5.74) is 9.10. The van der Waals surface area contributed by atoms with Gasteiger partial charge in [-0.15, -0.1) is 0 Å². The third-order valence-corrected chi connectivity index (χ3v) is 3.34. The van der Waals surface area contributed by atoms with Crippen molar-refractivity contribution in [3.63, 3.8) is 0 Å². The Hall–Kier alpha value is -2.28. The van der Waals surface area contributed by atoms with Crippen LogP contribution in [0.15, 0.2) is 24.8 Å². The van der Waals surface area contributed by atoms with Crippen LogP contribution in [0.3, 0.4) is 0 Å². The van der Waals surface area contributed by atoms with Gasteiger partial charge >= 0.3 is 0 Å². The van der Waals surface area contributed by atoms with Crippen molar-refractivity contribution in [1.29, 1.82) is 0 Å². The molecule has 3 rings (SSSR count). The van der Waals surface area contributed by atoms with E-state index >= 15 is 0 Å². The van der Waals surface area contributed by atoms with Crippen LogP contribution in [-0.4, -0.2) is 25.1 Å². The zero-order valence-corrected chi connectivity index (χ0v) is 10.4. The molecule has 6 nitrogen and oxygen atoms in total. The first-order valence-corrected chi connectivity index (χ1v) is 6.10. The van der Waals surface area contributed by atoms with Gasteiger partial charge in [-0.2, -0.15) is 5.10 Å². The molecule has 0 fully saturated rings. The van der Waals surface area contributed by atoms with E-state index < -0.39 is 0 Å². The Bertz CT molecular complexity index is 655. The molecule has 3 aromatic heterocycles. The molecule has 0 radical (unpaired) electrons. The lowest BCUT2D eigenvalue weighted by Gasteiger charge is -1.99. The number of nitrogen functional groups attached to an aromatic ring is 1. The van der Waals surface area contributed by atoms with E-state index in [0.717, 1.165) is 27.5 Å². The molecule has 0 atom stereocenters. The van der Waals surface area contributed by atoms with E-state index in [4.69, 9.17) is 5.73 Å². The van der Waals surface area contributed by atoms with E-state index in [9.17, 15) is 0 Å². The van der Waals surface area contributed by atoms with E-state index in [-0.39, 0.29) is 0 Å². The maximum atomic E-state index is 5.78. The number of nitrogens with zero attached hydrogens (tertiary/aromatic N) is 4. The summed E-state index contributed by atoms with van der Waals surface area (Å²) in [5, 5.41) is 7.19. The van der Waals surface area contributed by atoms with Crippen molar-refractivity contribution in [2.75, 3.05) is 5.73 Å². The van der Waals surface area contributed by atoms with Crippen LogP contribution in [0.1, 0.15) is 5.69 Å². The van der Waals surface area contributed by atoms with Gasteiger partial charge in [-0.25, -0.2) is 4.98 Å². The molecule has 0 saturated carbocycles. The lowest BCUT2D eigenvalue weighted by Crippen LogP contribution is -1.88. The molecule has 3 heterocycles. The van der Waals surface area contributed by atoms with E-state index in [1.165, 1.54) is 11.3 Å². The summed E-state index contributed by atoms with van der Waals surface area (Å²) in [7, 11) is 0. The van der Waals surface area contributed by atoms with E-state index in [1.807, 2.05) is 6.92 Å². The number of nitrogens with one attached hydrogen (secondary N) is 1. The van der Waals surface area contributed by atoms with Gasteiger partial charge in [0.05, 0.1) is 28.7 Å². The van der Waals surface area contributed by atoms with Crippen molar-refractivity contribution in [3.05, 3.63) is 30.5 Å². The first-order valence-electron chi connectivity index (χ1n) is 5.28. The van der Waals surface area contributed by atoms with Crippen molar-refractivity contribution in [2.24, 2.45) is 0 Å². The maximum absolute atomic E-state index is 5.78. The summed E-state index contributed by atoms with van der Waals surface area (Å²) in [5.74, 6) is 0. The number of aromatic nitrogens is 5. The molecule has 3 aromatic rings. The Morgan fingerprint density at radius 3 is 2.78 bits per heavy atom. The van der Waals surface area contributed by atoms with Gasteiger partial charge in [-0.3, -0.25) is 15.1 Å². The van der Waals surface area contributed by atoms with Gasteiger partial charge in [0.1, 0.15) is 5.69 Å². The number of H-pyrrole nitrogens is 1. The van der Waals surface area contributed by atoms with Crippen LogP contribution in [0.25, 0.3) is 21.8 Å². The Balaban J connectivity index is 2.15. The summed E-state index contributed by atoms with van der Waals surface area (Å²) < 4.78 is 0. The first-order chi connectivity index (χ1) is 8.74. The lowest BCUT2D eigenvalue weighted by atomic mass is 10.2. The number of rotatable bonds is 2. The third-order valence-electron chi connectivity index (χ3n) is 2.43. The predicted octanol–water partition coefficient (Wildman–Crippen LogP) is 1.88. The largest absolute Gasteiger partial charge is 0.375 e. The monoisotopic (exact) mass is 258 g/mol. The average Bonchev–Trinajstić information content (AvgIpc) is 2.98. The van der Waals surface area contributed by atoms with Crippen LogP contribution in [0.5, 0.6) is 0 Å². The van der Waals surface area contributed by atoms with Gasteiger partial charge in [0.15, 0.2) is 5.13 Å². The highest BCUT2D eigenvalue weighted by Crippen LogP contribution is 2.36. The smallest absolute Gasteiger partial charge is 0.181 e. The van der Waals surface area contributed by atoms with E-state index in [0.29, 0.717) is 5.13 Å². The number of hydrogen-bond donors (Lipinski definition) is 2. The molecule has 0 aliphatic rings. The summed E-state index contributed by atoms with van der Waals surface area (Å²) in [6, 6.07) is 0. The zero-order valence-electron chi connectivity index (χ0n) is 9.58. The minimum atomic E-state index is 0.503. The third kappa shape index (κ3) is 1.84. The Morgan fingerprint density at radius 1 is 1.22 bits per heavy atom. The van der Waals surface area contributed by atoms with E-state index in [2.05, 4.69) is 25.1 Å². The minimum absolute atomic E-state index is 0.503. The molecule has 0 spiro atoms. The SMILES string of the molecule is Cc1cnc(-c2sc(N)nc2-c2cn[nH]c2)cn1. The second-order valence-electron chi connectivity index (χ2n) is 3.76. The Morgan fingerprint density at radius 2 is 2.11 bits per heavy atom. The molecular formula is C11H10N6S. The van der Waals surface area contributed by atoms with Gasteiger partial charge in [0.2, 0.25) is 0 Å². The fourth-order valence-corrected chi connectivity index (χ4v) is 2.41. The molecule has 0 aliphatic heterocycles. The molecule has 7 heteroatoms. The van der Waals surface area contributed by atoms with Crippen LogP contribution in [0.2, 0.25) is 0 Å². The van der Waals surface area contributed by atoms with Crippen molar-refractivity contribution in [3.8, 4) is 21.8 Å². The average molecular weight is 258 g/mol. The fourth-order valence-electron chi connectivity index (χ4n) is 1.60. The topological polar surface area (TPSA) is 93.4 Å². The number of aromatic amines is 1. The number of nitrogens with two attached hydrogens (primary N) is 1. The minimum Gasteiger partial charge on any atom is -0.375 e. The first kappa shape index (κ1) is 10.8. The molecule has 0 aliphatic carbocycles. The van der Waals surface area contributed by atoms with Gasteiger partial charge in [0.25, 0.3) is 0 Å². The Kier molecular flexibility index (Phi) is 2.52. The second-order valence-corrected chi connectivity index (χ2v) is 4.79. The second kappa shape index (κ2) is 4.19. The highest BCUT2D eigenvalue weighted by atomic mass is 32.1. The van der Waals surface area contributed by atoms with Crippen LogP contribution >= 0.6 is 11.3 Å². The maximum Gasteiger partial charge on any atom is 0.181 e. The highest BCUT2D eigenvalue weighted by Gasteiger charge is 2.15. The van der Waals surface area contributed by atoms with Crippen LogP contribution in [0.4, 0.5) is 5.13 Å². The van der Waals surface area contributed by atoms with Crippen molar-refractivity contribution in [1.82, 2.24) is 25.1 Å². The summed E-state index contributed by atoms with van der Waals surface area (Å²) >= 11 is 1.39. The number of thiazole rings is 1. The van der Waals surface area contributed by atoms with Crippen molar-refractivity contribution in [2.45, 2.75) is 6.92 Å². The van der Waals surface area contributed by atoms with Crippen LogP contribution in [0, 0.1) is 6.92 Å². The normalized spacial score (nSPS) is 10.7. The highest BCUT2D eigenvalue weighted by molar-refractivity contribution is 7.19. The van der Waals surface area contributed by atoms with Crippen LogP contribution < -0.4 is 5.73 Å². The molecular weight excluding hydrogens is 248 g/mol. The molecule has 0 saturated heterocycles. The summed E-state index contributed by atoms with van der Waals surface area (Å²) in [6.07, 6.45) is 6.94. The molecule has 0 unspecified atom stereocenters. The number of hydrogen-bond acceptors (Lipinski definition) is 6. The molecule has 0 bridgehead atoms. The van der Waals surface area contributed by atoms with Crippen molar-refractivity contribution >= 4 is 16.5 Å². The van der Waals surface area contributed by atoms with E-state index in [1.54, 1.807) is 24.8 Å². The molecule has 3 N–H and O–H groups in total. The van der Waals surface area contributed by atoms with Gasteiger partial charge in [-0.1, -0.05) is 11.3 Å². The lowest BCUT2D eigenvalue weighted by molar-refractivity contribution is 1.09. The molecule has 0 amide bonds. The van der Waals surface area contributed by atoms with Gasteiger partial charge in [0, 0.05) is 18.0 Å². The number of anilines is 1. The molecule has 18 heavy (non-hydrogen) atoms. The summed E-state index contributed by atoms with van der Waals surface area (Å²) in [6.45, 7) is 1.90. The standard InChI is InChI=1S/C11H10N6S/c1-6-2-14-8(5-13-6)10-9(17-11(12)18-10)7-3-15-16-4-7/h2-5H,1H3,(H2,12,17)(H,15,16). The van der Waals surface area contributed by atoms with Gasteiger partial charge in [-0.05, 0) is 6.92 Å².